The van der Waals surface area contributed by atoms with E-state index in [1.54, 1.807) is 12.1 Å². The van der Waals surface area contributed by atoms with Gasteiger partial charge in [-0.2, -0.15) is 0 Å². The first-order chi connectivity index (χ1) is 10.5. The van der Waals surface area contributed by atoms with Crippen LogP contribution in [0, 0.1) is 0 Å². The molecule has 0 spiro atoms. The molecule has 0 saturated heterocycles. The topological polar surface area (TPSA) is 102 Å². The van der Waals surface area contributed by atoms with Gasteiger partial charge in [0.25, 0.3) is 0 Å². The van der Waals surface area contributed by atoms with Crippen molar-refractivity contribution in [2.24, 2.45) is 5.73 Å². The summed E-state index contributed by atoms with van der Waals surface area (Å²) in [6.45, 7) is 3.76. The molecule has 1 rings (SSSR count). The smallest absolute Gasteiger partial charge is 0.332 e. The van der Waals surface area contributed by atoms with E-state index in [1.807, 2.05) is 18.2 Å². The minimum Gasteiger partial charge on any atom is -0.492 e. The highest BCUT2D eigenvalue weighted by molar-refractivity contribution is 5.72. The second-order valence-electron chi connectivity index (χ2n) is 4.98. The van der Waals surface area contributed by atoms with Gasteiger partial charge in [0.05, 0.1) is 12.1 Å². The van der Waals surface area contributed by atoms with E-state index in [9.17, 15) is 9.90 Å². The van der Waals surface area contributed by atoms with Crippen molar-refractivity contribution in [3.63, 3.8) is 0 Å². The predicted octanol–water partition coefficient (Wildman–Crippen LogP) is 0.972. The number of hydrogen-bond donors (Lipinski definition) is 3. The molecule has 22 heavy (non-hydrogen) atoms. The molecular formula is C16H23NO5. The molecule has 0 aliphatic heterocycles. The average molecular weight is 309 g/mol. The maximum absolute atomic E-state index is 10.9. The SMILES string of the molecule is C=CCc1cccc(OCC(N)C(O)CC(OC)C(=O)O)c1. The van der Waals surface area contributed by atoms with Gasteiger partial charge < -0.3 is 25.4 Å². The molecule has 1 aromatic rings. The number of methoxy groups -OCH3 is 1. The van der Waals surface area contributed by atoms with Gasteiger partial charge in [-0.25, -0.2) is 4.79 Å². The van der Waals surface area contributed by atoms with Gasteiger partial charge in [0, 0.05) is 13.5 Å². The van der Waals surface area contributed by atoms with Crippen molar-refractivity contribution in [3.05, 3.63) is 42.5 Å². The maximum atomic E-state index is 10.9. The third kappa shape index (κ3) is 5.85. The van der Waals surface area contributed by atoms with Crippen LogP contribution in [0.4, 0.5) is 0 Å². The van der Waals surface area contributed by atoms with Gasteiger partial charge in [-0.05, 0) is 24.1 Å². The van der Waals surface area contributed by atoms with Crippen LogP contribution in [0.1, 0.15) is 12.0 Å². The molecule has 0 saturated carbocycles. The van der Waals surface area contributed by atoms with E-state index >= 15 is 0 Å². The highest BCUT2D eigenvalue weighted by atomic mass is 16.5. The van der Waals surface area contributed by atoms with Crippen LogP contribution in [0.15, 0.2) is 36.9 Å². The van der Waals surface area contributed by atoms with Crippen LogP contribution < -0.4 is 10.5 Å². The molecule has 4 N–H and O–H groups in total. The van der Waals surface area contributed by atoms with E-state index in [4.69, 9.17) is 20.3 Å². The molecule has 0 bridgehead atoms. The van der Waals surface area contributed by atoms with Crippen molar-refractivity contribution in [1.82, 2.24) is 0 Å². The first-order valence-corrected chi connectivity index (χ1v) is 6.99. The summed E-state index contributed by atoms with van der Waals surface area (Å²) in [4.78, 5) is 10.9. The summed E-state index contributed by atoms with van der Waals surface area (Å²) in [7, 11) is 1.28. The Hall–Kier alpha value is -1.89. The third-order valence-electron chi connectivity index (χ3n) is 3.23. The van der Waals surface area contributed by atoms with Crippen LogP contribution in [-0.4, -0.2) is 48.1 Å². The number of aliphatic hydroxyl groups is 1. The molecule has 3 atom stereocenters. The van der Waals surface area contributed by atoms with Gasteiger partial charge in [0.15, 0.2) is 6.10 Å². The van der Waals surface area contributed by atoms with Gasteiger partial charge in [-0.15, -0.1) is 6.58 Å². The van der Waals surface area contributed by atoms with Crippen molar-refractivity contribution in [1.29, 1.82) is 0 Å². The lowest BCUT2D eigenvalue weighted by molar-refractivity contribution is -0.150. The summed E-state index contributed by atoms with van der Waals surface area (Å²) < 4.78 is 10.3. The van der Waals surface area contributed by atoms with Crippen LogP contribution in [0.5, 0.6) is 5.75 Å². The Morgan fingerprint density at radius 1 is 1.50 bits per heavy atom. The standard InChI is InChI=1S/C16H23NO5/c1-3-5-11-6-4-7-12(8-11)22-10-13(17)14(18)9-15(21-2)16(19)20/h3-4,6-8,13-15,18H,1,5,9-10,17H2,2H3,(H,19,20). The lowest BCUT2D eigenvalue weighted by Gasteiger charge is -2.21. The van der Waals surface area contributed by atoms with E-state index in [0.717, 1.165) is 12.0 Å². The van der Waals surface area contributed by atoms with Crippen LogP contribution in [0.2, 0.25) is 0 Å². The first kappa shape index (κ1) is 18.2. The fourth-order valence-corrected chi connectivity index (χ4v) is 1.92. The largest absolute Gasteiger partial charge is 0.492 e. The zero-order valence-electron chi connectivity index (χ0n) is 12.6. The summed E-state index contributed by atoms with van der Waals surface area (Å²) in [5.41, 5.74) is 6.89. The summed E-state index contributed by atoms with van der Waals surface area (Å²) in [5.74, 6) is -0.490. The number of rotatable bonds is 10. The number of ether oxygens (including phenoxy) is 2. The highest BCUT2D eigenvalue weighted by Crippen LogP contribution is 2.15. The normalized spacial score (nSPS) is 14.9. The third-order valence-corrected chi connectivity index (χ3v) is 3.23. The number of carbonyl (C=O) groups is 1. The zero-order chi connectivity index (χ0) is 16.5. The number of carboxylic acid groups (broad SMARTS) is 1. The minimum atomic E-state index is -1.13. The summed E-state index contributed by atoms with van der Waals surface area (Å²) in [6.07, 6.45) is 0.326. The molecule has 0 heterocycles. The lowest BCUT2D eigenvalue weighted by atomic mass is 10.1. The lowest BCUT2D eigenvalue weighted by Crippen LogP contribution is -2.43. The molecule has 0 fully saturated rings. The molecule has 0 amide bonds. The summed E-state index contributed by atoms with van der Waals surface area (Å²) >= 11 is 0. The Balaban J connectivity index is 2.50. The van der Waals surface area contributed by atoms with Crippen molar-refractivity contribution >= 4 is 5.97 Å². The number of nitrogens with two attached hydrogens (primary N) is 1. The number of aliphatic carboxylic acids is 1. The number of allylic oxidation sites excluding steroid dienone is 1. The van der Waals surface area contributed by atoms with Gasteiger partial charge >= 0.3 is 5.97 Å². The molecule has 3 unspecified atom stereocenters. The molecule has 0 aromatic heterocycles. The second kappa shape index (κ2) is 9.19. The molecule has 0 aliphatic rings. The Morgan fingerprint density at radius 3 is 2.82 bits per heavy atom. The molecule has 0 aliphatic carbocycles. The van der Waals surface area contributed by atoms with Crippen LogP contribution in [0.3, 0.4) is 0 Å². The van der Waals surface area contributed by atoms with Crippen LogP contribution in [0.25, 0.3) is 0 Å². The quantitative estimate of drug-likeness (QED) is 0.557. The van der Waals surface area contributed by atoms with Crippen molar-refractivity contribution in [2.45, 2.75) is 31.1 Å². The molecule has 0 radical (unpaired) electrons. The fourth-order valence-electron chi connectivity index (χ4n) is 1.92. The Bertz CT molecular complexity index is 491. The number of aliphatic hydroxyl groups excluding tert-OH is 1. The van der Waals surface area contributed by atoms with Crippen molar-refractivity contribution in [3.8, 4) is 5.75 Å². The van der Waals surface area contributed by atoms with Crippen LogP contribution >= 0.6 is 0 Å². The predicted molar refractivity (Wildman–Crippen MR) is 82.9 cm³/mol. The monoisotopic (exact) mass is 309 g/mol. The van der Waals surface area contributed by atoms with Crippen LogP contribution in [-0.2, 0) is 16.0 Å². The summed E-state index contributed by atoms with van der Waals surface area (Å²) in [5, 5.41) is 18.8. The van der Waals surface area contributed by atoms with E-state index in [2.05, 4.69) is 6.58 Å². The molecule has 6 heteroatoms. The van der Waals surface area contributed by atoms with Gasteiger partial charge in [0.2, 0.25) is 0 Å². The summed E-state index contributed by atoms with van der Waals surface area (Å²) in [6, 6.07) is 6.78. The Labute approximate surface area is 130 Å². The highest BCUT2D eigenvalue weighted by Gasteiger charge is 2.25. The van der Waals surface area contributed by atoms with Gasteiger partial charge in [-0.3, -0.25) is 0 Å². The number of hydrogen-bond acceptors (Lipinski definition) is 5. The van der Waals surface area contributed by atoms with E-state index in [1.165, 1.54) is 7.11 Å². The molecular weight excluding hydrogens is 286 g/mol. The van der Waals surface area contributed by atoms with Crippen molar-refractivity contribution < 1.29 is 24.5 Å². The molecule has 1 aromatic carbocycles. The Morgan fingerprint density at radius 2 is 2.23 bits per heavy atom. The van der Waals surface area contributed by atoms with Gasteiger partial charge in [0.1, 0.15) is 12.4 Å². The van der Waals surface area contributed by atoms with Gasteiger partial charge in [-0.1, -0.05) is 18.2 Å². The number of benzene rings is 1. The number of carboxylic acids is 1. The second-order valence-corrected chi connectivity index (χ2v) is 4.98. The Kier molecular flexibility index (Phi) is 7.59. The fraction of sp³-hybridized carbons (Fsp3) is 0.438. The maximum Gasteiger partial charge on any atom is 0.332 e. The average Bonchev–Trinajstić information content (AvgIpc) is 2.50. The molecule has 6 nitrogen and oxygen atoms in total. The van der Waals surface area contributed by atoms with E-state index < -0.39 is 24.2 Å². The minimum absolute atomic E-state index is 0.0781. The molecule has 122 valence electrons. The van der Waals surface area contributed by atoms with Crippen molar-refractivity contribution in [2.75, 3.05) is 13.7 Å². The first-order valence-electron chi connectivity index (χ1n) is 6.99. The zero-order valence-corrected chi connectivity index (χ0v) is 12.6. The van der Waals surface area contributed by atoms with E-state index in [0.29, 0.717) is 5.75 Å². The van der Waals surface area contributed by atoms with E-state index in [-0.39, 0.29) is 13.0 Å².